The van der Waals surface area contributed by atoms with Gasteiger partial charge in [-0.2, -0.15) is 0 Å². The zero-order valence-corrected chi connectivity index (χ0v) is 16.8. The van der Waals surface area contributed by atoms with Crippen LogP contribution in [0.1, 0.15) is 48.3 Å². The van der Waals surface area contributed by atoms with Crippen LogP contribution >= 0.6 is 0 Å². The second-order valence-corrected chi connectivity index (χ2v) is 7.30. The number of hydrogen-bond acceptors (Lipinski definition) is 4. The molecule has 1 aromatic heterocycles. The molecule has 0 saturated carbocycles. The smallest absolute Gasteiger partial charge is 0.313 e. The molecule has 0 aliphatic heterocycles. The Morgan fingerprint density at radius 2 is 1.67 bits per heavy atom. The van der Waals surface area contributed by atoms with E-state index in [-0.39, 0.29) is 28.3 Å². The van der Waals surface area contributed by atoms with Gasteiger partial charge in [0.2, 0.25) is 0 Å². The number of fused-ring (bicyclic) bond motifs is 1. The third kappa shape index (κ3) is 3.65. The van der Waals surface area contributed by atoms with Gasteiger partial charge in [-0.25, -0.2) is 13.2 Å². The first-order valence-corrected chi connectivity index (χ1v) is 9.26. The number of aromatic hydroxyl groups is 1. The highest BCUT2D eigenvalue weighted by Crippen LogP contribution is 2.36. The summed E-state index contributed by atoms with van der Waals surface area (Å²) in [7, 11) is 0. The van der Waals surface area contributed by atoms with Gasteiger partial charge in [-0.1, -0.05) is 0 Å². The van der Waals surface area contributed by atoms with Crippen LogP contribution in [0, 0.1) is 24.4 Å². The van der Waals surface area contributed by atoms with Gasteiger partial charge in [0.15, 0.2) is 23.2 Å². The van der Waals surface area contributed by atoms with Gasteiger partial charge in [0.05, 0.1) is 17.5 Å². The average Bonchev–Trinajstić information content (AvgIpc) is 2.93. The number of carbonyl (C=O) groups is 2. The number of benzene rings is 2. The van der Waals surface area contributed by atoms with Crippen molar-refractivity contribution in [2.45, 2.75) is 39.7 Å². The SMILES string of the molecule is Cc1c([C@@H](C)C(=O)OC(C)C)c2cc(O)c(F)cc2n1C(=O)c1ccc(F)c(F)c1. The minimum Gasteiger partial charge on any atom is -0.505 e. The maximum atomic E-state index is 14.1. The summed E-state index contributed by atoms with van der Waals surface area (Å²) < 4.78 is 47.4. The molecule has 3 aromatic rings. The Morgan fingerprint density at radius 1 is 1.00 bits per heavy atom. The number of rotatable bonds is 4. The molecule has 0 aliphatic carbocycles. The van der Waals surface area contributed by atoms with E-state index in [1.807, 2.05) is 0 Å². The van der Waals surface area contributed by atoms with Gasteiger partial charge in [0, 0.05) is 22.7 Å². The summed E-state index contributed by atoms with van der Waals surface area (Å²) in [4.78, 5) is 25.6. The zero-order chi connectivity index (χ0) is 22.3. The third-order valence-corrected chi connectivity index (χ3v) is 4.83. The Balaban J connectivity index is 2.25. The van der Waals surface area contributed by atoms with Crippen LogP contribution in [-0.2, 0) is 9.53 Å². The van der Waals surface area contributed by atoms with Crippen molar-refractivity contribution in [2.75, 3.05) is 0 Å². The van der Waals surface area contributed by atoms with E-state index in [4.69, 9.17) is 4.74 Å². The third-order valence-electron chi connectivity index (χ3n) is 4.83. The number of aromatic nitrogens is 1. The fourth-order valence-electron chi connectivity index (χ4n) is 3.47. The van der Waals surface area contributed by atoms with Gasteiger partial charge in [0.1, 0.15) is 0 Å². The molecule has 0 spiro atoms. The number of halogens is 3. The van der Waals surface area contributed by atoms with Crippen molar-refractivity contribution in [2.24, 2.45) is 0 Å². The predicted molar refractivity (Wildman–Crippen MR) is 104 cm³/mol. The highest BCUT2D eigenvalue weighted by molar-refractivity contribution is 6.05. The summed E-state index contributed by atoms with van der Waals surface area (Å²) in [6, 6.07) is 4.76. The fraction of sp³-hybridized carbons (Fsp3) is 0.273. The predicted octanol–water partition coefficient (Wildman–Crippen LogP) is 4.82. The standard InChI is InChI=1S/C22H20F3NO4/c1-10(2)30-22(29)11(3)20-12(4)26(18-9-17(25)19(27)8-14(18)20)21(28)13-5-6-15(23)16(24)7-13/h5-11,27H,1-4H3/t11-/m1/s1. The average molecular weight is 419 g/mol. The molecule has 5 nitrogen and oxygen atoms in total. The van der Waals surface area contributed by atoms with E-state index in [1.54, 1.807) is 27.7 Å². The minimum absolute atomic E-state index is 0.0803. The molecule has 158 valence electrons. The van der Waals surface area contributed by atoms with Crippen LogP contribution in [0.3, 0.4) is 0 Å². The highest BCUT2D eigenvalue weighted by atomic mass is 19.2. The quantitative estimate of drug-likeness (QED) is 0.616. The Kier molecular flexibility index (Phi) is 5.61. The summed E-state index contributed by atoms with van der Waals surface area (Å²) in [5.41, 5.74) is 0.572. The molecule has 1 N–H and O–H groups in total. The van der Waals surface area contributed by atoms with Gasteiger partial charge in [-0.05, 0) is 57.5 Å². The maximum Gasteiger partial charge on any atom is 0.313 e. The molecule has 1 atom stereocenters. The van der Waals surface area contributed by atoms with Crippen LogP contribution in [-0.4, -0.2) is 27.7 Å². The lowest BCUT2D eigenvalue weighted by molar-refractivity contribution is -0.148. The van der Waals surface area contributed by atoms with Crippen LogP contribution in [0.15, 0.2) is 30.3 Å². The van der Waals surface area contributed by atoms with Crippen molar-refractivity contribution in [1.82, 2.24) is 4.57 Å². The van der Waals surface area contributed by atoms with Crippen LogP contribution < -0.4 is 0 Å². The van der Waals surface area contributed by atoms with Crippen molar-refractivity contribution in [1.29, 1.82) is 0 Å². The first-order valence-electron chi connectivity index (χ1n) is 9.26. The van der Waals surface area contributed by atoms with Crippen molar-refractivity contribution < 1.29 is 32.6 Å². The largest absolute Gasteiger partial charge is 0.505 e. The van der Waals surface area contributed by atoms with E-state index >= 15 is 0 Å². The summed E-state index contributed by atoms with van der Waals surface area (Å²) in [5, 5.41) is 10.1. The van der Waals surface area contributed by atoms with E-state index in [0.717, 1.165) is 34.9 Å². The van der Waals surface area contributed by atoms with Crippen molar-refractivity contribution in [3.8, 4) is 5.75 Å². The normalized spacial score (nSPS) is 12.4. The van der Waals surface area contributed by atoms with Crippen LogP contribution in [0.2, 0.25) is 0 Å². The molecule has 8 heteroatoms. The molecular weight excluding hydrogens is 399 g/mol. The number of phenolic OH excluding ortho intramolecular Hbond substituents is 1. The van der Waals surface area contributed by atoms with Crippen molar-refractivity contribution in [3.05, 3.63) is 64.6 Å². The molecule has 1 heterocycles. The van der Waals surface area contributed by atoms with E-state index in [9.17, 15) is 27.9 Å². The topological polar surface area (TPSA) is 68.5 Å². The lowest BCUT2D eigenvalue weighted by Gasteiger charge is -2.15. The first-order chi connectivity index (χ1) is 14.0. The molecule has 2 aromatic carbocycles. The highest BCUT2D eigenvalue weighted by Gasteiger charge is 2.29. The van der Waals surface area contributed by atoms with Crippen molar-refractivity contribution >= 4 is 22.8 Å². The maximum absolute atomic E-state index is 14.1. The van der Waals surface area contributed by atoms with Crippen LogP contribution in [0.5, 0.6) is 5.75 Å². The monoisotopic (exact) mass is 419 g/mol. The van der Waals surface area contributed by atoms with E-state index in [1.165, 1.54) is 0 Å². The molecule has 3 rings (SSSR count). The Morgan fingerprint density at radius 3 is 2.27 bits per heavy atom. The van der Waals surface area contributed by atoms with Crippen molar-refractivity contribution in [3.63, 3.8) is 0 Å². The number of nitrogens with zero attached hydrogens (tertiary/aromatic N) is 1. The summed E-state index contributed by atoms with van der Waals surface area (Å²) in [5.74, 6) is -6.06. The van der Waals surface area contributed by atoms with E-state index in [2.05, 4.69) is 0 Å². The van der Waals surface area contributed by atoms with Gasteiger partial charge >= 0.3 is 5.97 Å². The summed E-state index contributed by atoms with van der Waals surface area (Å²) >= 11 is 0. The minimum atomic E-state index is -1.20. The van der Waals surface area contributed by atoms with Gasteiger partial charge in [-0.15, -0.1) is 0 Å². The summed E-state index contributed by atoms with van der Waals surface area (Å²) in [6.45, 7) is 6.49. The lowest BCUT2D eigenvalue weighted by atomic mass is 9.97. The molecule has 30 heavy (non-hydrogen) atoms. The number of ether oxygens (including phenoxy) is 1. The molecule has 0 saturated heterocycles. The Bertz CT molecular complexity index is 1170. The van der Waals surface area contributed by atoms with Gasteiger partial charge in [0.25, 0.3) is 5.91 Å². The molecule has 0 aliphatic rings. The van der Waals surface area contributed by atoms with Gasteiger partial charge in [-0.3, -0.25) is 14.2 Å². The number of esters is 1. The fourth-order valence-corrected chi connectivity index (χ4v) is 3.47. The number of hydrogen-bond donors (Lipinski definition) is 1. The lowest BCUT2D eigenvalue weighted by Crippen LogP contribution is -2.19. The molecule has 0 bridgehead atoms. The zero-order valence-electron chi connectivity index (χ0n) is 16.8. The van der Waals surface area contributed by atoms with Gasteiger partial charge < -0.3 is 9.84 Å². The first kappa shape index (κ1) is 21.4. The molecule has 0 fully saturated rings. The second kappa shape index (κ2) is 7.85. The number of phenols is 1. The van der Waals surface area contributed by atoms with E-state index in [0.29, 0.717) is 5.56 Å². The molecule has 0 unspecified atom stereocenters. The molecule has 0 radical (unpaired) electrons. The molecular formula is C22H20F3NO4. The van der Waals surface area contributed by atoms with E-state index < -0.39 is 41.0 Å². The Hall–Kier alpha value is -3.29. The second-order valence-electron chi connectivity index (χ2n) is 7.30. The van der Waals surface area contributed by atoms with Crippen LogP contribution in [0.4, 0.5) is 13.2 Å². The summed E-state index contributed by atoms with van der Waals surface area (Å²) in [6.07, 6.45) is -0.372. The molecule has 0 amide bonds. The van der Waals surface area contributed by atoms with Crippen LogP contribution in [0.25, 0.3) is 10.9 Å². The Labute approximate surface area is 170 Å². The number of carbonyl (C=O) groups excluding carboxylic acids is 2.